The van der Waals surface area contributed by atoms with E-state index in [1.165, 1.54) is 12.8 Å². The summed E-state index contributed by atoms with van der Waals surface area (Å²) in [4.78, 5) is 7.35. The molecule has 2 aromatic rings. The zero-order valence-corrected chi connectivity index (χ0v) is 18.8. The molecule has 1 atom stereocenters. The summed E-state index contributed by atoms with van der Waals surface area (Å²) in [5, 5.41) is 4.12. The molecule has 0 amide bonds. The van der Waals surface area contributed by atoms with Crippen molar-refractivity contribution in [3.8, 4) is 0 Å². The molecular formula is C23H32N4O3S. The highest BCUT2D eigenvalue weighted by Gasteiger charge is 2.38. The van der Waals surface area contributed by atoms with Gasteiger partial charge in [-0.05, 0) is 69.7 Å². The lowest BCUT2D eigenvalue weighted by molar-refractivity contribution is 0.115. The third kappa shape index (κ3) is 4.71. The molecule has 8 heteroatoms. The van der Waals surface area contributed by atoms with Gasteiger partial charge in [-0.3, -0.25) is 4.90 Å². The van der Waals surface area contributed by atoms with E-state index in [9.17, 15) is 8.42 Å². The Morgan fingerprint density at radius 1 is 0.935 bits per heavy atom. The van der Waals surface area contributed by atoms with Crippen molar-refractivity contribution in [3.63, 3.8) is 0 Å². The van der Waals surface area contributed by atoms with Crippen molar-refractivity contribution in [2.45, 2.75) is 74.8 Å². The summed E-state index contributed by atoms with van der Waals surface area (Å²) in [6.07, 6.45) is 8.49. The Balaban J connectivity index is 1.25. The molecule has 0 N–H and O–H groups in total. The Morgan fingerprint density at radius 3 is 2.45 bits per heavy atom. The Labute approximate surface area is 184 Å². The van der Waals surface area contributed by atoms with Crippen LogP contribution in [0.15, 0.2) is 39.8 Å². The summed E-state index contributed by atoms with van der Waals surface area (Å²) in [6, 6.07) is 9.03. The highest BCUT2D eigenvalue weighted by Crippen LogP contribution is 2.38. The van der Waals surface area contributed by atoms with Crippen LogP contribution in [-0.2, 0) is 16.6 Å². The molecule has 3 fully saturated rings. The van der Waals surface area contributed by atoms with E-state index in [1.807, 2.05) is 22.5 Å². The van der Waals surface area contributed by atoms with Gasteiger partial charge in [-0.25, -0.2) is 8.42 Å². The van der Waals surface area contributed by atoms with Crippen molar-refractivity contribution >= 4 is 10.0 Å². The minimum Gasteiger partial charge on any atom is -0.338 e. The molecule has 3 aliphatic rings. The van der Waals surface area contributed by atoms with Crippen molar-refractivity contribution in [3.05, 3.63) is 42.0 Å². The van der Waals surface area contributed by atoms with Gasteiger partial charge in [0, 0.05) is 18.5 Å². The van der Waals surface area contributed by atoms with Gasteiger partial charge < -0.3 is 4.52 Å². The number of likely N-dealkylation sites (tertiary alicyclic amines) is 1. The molecule has 2 aliphatic heterocycles. The smallest absolute Gasteiger partial charge is 0.243 e. The molecule has 0 bridgehead atoms. The van der Waals surface area contributed by atoms with Crippen LogP contribution in [0.1, 0.15) is 69.0 Å². The Hall–Kier alpha value is -1.77. The molecule has 0 unspecified atom stereocenters. The third-order valence-corrected chi connectivity index (χ3v) is 9.00. The Kier molecular flexibility index (Phi) is 6.12. The van der Waals surface area contributed by atoms with E-state index in [4.69, 9.17) is 4.52 Å². The fraction of sp³-hybridized carbons (Fsp3) is 0.652. The molecule has 31 heavy (non-hydrogen) atoms. The number of hydrogen-bond acceptors (Lipinski definition) is 6. The van der Waals surface area contributed by atoms with Crippen LogP contribution < -0.4 is 0 Å². The molecule has 168 valence electrons. The number of aromatic nitrogens is 2. The number of piperidine rings is 1. The van der Waals surface area contributed by atoms with E-state index >= 15 is 0 Å². The lowest BCUT2D eigenvalue weighted by atomic mass is 9.87. The van der Waals surface area contributed by atoms with Crippen LogP contribution in [0.3, 0.4) is 0 Å². The van der Waals surface area contributed by atoms with Gasteiger partial charge >= 0.3 is 0 Å². The zero-order valence-electron chi connectivity index (χ0n) is 18.0. The number of benzene rings is 1. The largest absolute Gasteiger partial charge is 0.338 e. The molecule has 2 saturated heterocycles. The summed E-state index contributed by atoms with van der Waals surface area (Å²) in [7, 11) is -3.46. The van der Waals surface area contributed by atoms with E-state index in [2.05, 4.69) is 15.0 Å². The first-order valence-corrected chi connectivity index (χ1v) is 13.2. The van der Waals surface area contributed by atoms with Crippen molar-refractivity contribution in [1.29, 1.82) is 0 Å². The molecule has 1 aliphatic carbocycles. The molecule has 7 nitrogen and oxygen atoms in total. The second-order valence-electron chi connectivity index (χ2n) is 9.28. The molecule has 1 aromatic carbocycles. The van der Waals surface area contributed by atoms with Gasteiger partial charge in [0.25, 0.3) is 0 Å². The molecule has 1 aromatic heterocycles. The molecule has 3 heterocycles. The van der Waals surface area contributed by atoms with Crippen molar-refractivity contribution in [2.24, 2.45) is 5.92 Å². The van der Waals surface area contributed by atoms with Crippen molar-refractivity contribution < 1.29 is 12.9 Å². The van der Waals surface area contributed by atoms with Gasteiger partial charge in [-0.2, -0.15) is 9.29 Å². The zero-order chi connectivity index (χ0) is 21.3. The average Bonchev–Trinajstić information content (AvgIpc) is 3.59. The fourth-order valence-corrected chi connectivity index (χ4v) is 6.91. The molecule has 1 saturated carbocycles. The van der Waals surface area contributed by atoms with E-state index in [0.29, 0.717) is 35.7 Å². The monoisotopic (exact) mass is 444 g/mol. The number of rotatable bonds is 6. The SMILES string of the molecule is O=S(=O)(c1ccccc1)N1CCCCC[C@H]1C1CCN(Cc2nc(C3CC3)no2)CC1. The quantitative estimate of drug-likeness (QED) is 0.674. The highest BCUT2D eigenvalue weighted by atomic mass is 32.2. The van der Waals surface area contributed by atoms with Gasteiger partial charge in [-0.1, -0.05) is 36.2 Å². The molecule has 0 spiro atoms. The number of sulfonamides is 1. The minimum absolute atomic E-state index is 0.0970. The van der Waals surface area contributed by atoms with E-state index < -0.39 is 10.0 Å². The fourth-order valence-electron chi connectivity index (χ4n) is 5.13. The molecular weight excluding hydrogens is 412 g/mol. The lowest BCUT2D eigenvalue weighted by Gasteiger charge is -2.39. The summed E-state index contributed by atoms with van der Waals surface area (Å²) in [5.41, 5.74) is 0. The molecule has 0 radical (unpaired) electrons. The second-order valence-corrected chi connectivity index (χ2v) is 11.2. The predicted molar refractivity (Wildman–Crippen MR) is 117 cm³/mol. The predicted octanol–water partition coefficient (Wildman–Crippen LogP) is 3.79. The van der Waals surface area contributed by atoms with Gasteiger partial charge in [0.2, 0.25) is 15.9 Å². The van der Waals surface area contributed by atoms with Crippen LogP contribution >= 0.6 is 0 Å². The van der Waals surface area contributed by atoms with Gasteiger partial charge in [0.05, 0.1) is 11.4 Å². The average molecular weight is 445 g/mol. The first-order valence-electron chi connectivity index (χ1n) is 11.7. The standard InChI is InChI=1S/C23H32N4O3S/c28-31(29,20-7-3-1-4-8-20)27-14-6-2-5-9-21(27)18-12-15-26(16-13-18)17-22-24-23(25-30-22)19-10-11-19/h1,3-4,7-8,18-19,21H,2,5-6,9-17H2/t21-/m0/s1. The topological polar surface area (TPSA) is 79.5 Å². The molecule has 5 rings (SSSR count). The maximum absolute atomic E-state index is 13.4. The lowest BCUT2D eigenvalue weighted by Crippen LogP contribution is -2.47. The highest BCUT2D eigenvalue weighted by molar-refractivity contribution is 7.89. The van der Waals surface area contributed by atoms with Crippen molar-refractivity contribution in [1.82, 2.24) is 19.3 Å². The summed E-state index contributed by atoms with van der Waals surface area (Å²) in [5.74, 6) is 2.49. The van der Waals surface area contributed by atoms with Crippen LogP contribution in [0.4, 0.5) is 0 Å². The maximum Gasteiger partial charge on any atom is 0.243 e. The van der Waals surface area contributed by atoms with Crippen LogP contribution in [0.5, 0.6) is 0 Å². The van der Waals surface area contributed by atoms with Gasteiger partial charge in [-0.15, -0.1) is 0 Å². The minimum atomic E-state index is -3.46. The second kappa shape index (κ2) is 9.00. The number of hydrogen-bond donors (Lipinski definition) is 0. The van der Waals surface area contributed by atoms with Gasteiger partial charge in [0.1, 0.15) is 0 Å². The van der Waals surface area contributed by atoms with Crippen LogP contribution in [0.25, 0.3) is 0 Å². The summed E-state index contributed by atoms with van der Waals surface area (Å²) >= 11 is 0. The maximum atomic E-state index is 13.4. The summed E-state index contributed by atoms with van der Waals surface area (Å²) in [6.45, 7) is 3.22. The van der Waals surface area contributed by atoms with E-state index in [0.717, 1.165) is 57.4 Å². The Morgan fingerprint density at radius 2 is 1.71 bits per heavy atom. The normalized spacial score (nSPS) is 24.8. The third-order valence-electron chi connectivity index (χ3n) is 7.06. The van der Waals surface area contributed by atoms with Crippen LogP contribution in [-0.4, -0.2) is 53.4 Å². The Bertz CT molecular complexity index is 966. The van der Waals surface area contributed by atoms with Crippen LogP contribution in [0, 0.1) is 5.92 Å². The van der Waals surface area contributed by atoms with E-state index in [-0.39, 0.29) is 6.04 Å². The first kappa shape index (κ1) is 21.1. The van der Waals surface area contributed by atoms with Gasteiger partial charge in [0.15, 0.2) is 5.82 Å². The van der Waals surface area contributed by atoms with E-state index in [1.54, 1.807) is 12.1 Å². The summed E-state index contributed by atoms with van der Waals surface area (Å²) < 4.78 is 34.2. The first-order chi connectivity index (χ1) is 15.1. The van der Waals surface area contributed by atoms with Crippen molar-refractivity contribution in [2.75, 3.05) is 19.6 Å². The number of nitrogens with zero attached hydrogens (tertiary/aromatic N) is 4. The van der Waals surface area contributed by atoms with Crippen LogP contribution in [0.2, 0.25) is 0 Å².